The van der Waals surface area contributed by atoms with Crippen molar-refractivity contribution in [1.29, 1.82) is 0 Å². The number of phenols is 1. The van der Waals surface area contributed by atoms with E-state index in [4.69, 9.17) is 23.2 Å². The highest BCUT2D eigenvalue weighted by Crippen LogP contribution is 2.43. The van der Waals surface area contributed by atoms with Gasteiger partial charge >= 0.3 is 6.18 Å². The Balaban J connectivity index is 1.57. The molecule has 1 aliphatic rings. The summed E-state index contributed by atoms with van der Waals surface area (Å²) in [7, 11) is -3.44. The fourth-order valence-electron chi connectivity index (χ4n) is 4.77. The zero-order valence-corrected chi connectivity index (χ0v) is 23.0. The summed E-state index contributed by atoms with van der Waals surface area (Å²) < 4.78 is 82.2. The lowest BCUT2D eigenvalue weighted by Crippen LogP contribution is -2.55. The van der Waals surface area contributed by atoms with Crippen LogP contribution in [0.2, 0.25) is 10.2 Å². The molecule has 1 fully saturated rings. The van der Waals surface area contributed by atoms with E-state index in [0.717, 1.165) is 16.5 Å². The van der Waals surface area contributed by atoms with E-state index in [1.54, 1.807) is 6.07 Å². The number of halogens is 6. The summed E-state index contributed by atoms with van der Waals surface area (Å²) >= 11 is 11.9. The summed E-state index contributed by atoms with van der Waals surface area (Å²) in [5, 5.41) is 12.9. The van der Waals surface area contributed by atoms with Gasteiger partial charge in [-0.25, -0.2) is 22.5 Å². The maximum absolute atomic E-state index is 14.9. The van der Waals surface area contributed by atoms with Crippen molar-refractivity contribution in [3.8, 4) is 11.4 Å². The van der Waals surface area contributed by atoms with Gasteiger partial charge in [-0.3, -0.25) is 0 Å². The second-order valence-corrected chi connectivity index (χ2v) is 12.1. The van der Waals surface area contributed by atoms with Gasteiger partial charge in [0, 0.05) is 31.1 Å². The third-order valence-corrected chi connectivity index (χ3v) is 8.65. The molecule has 0 bridgehead atoms. The summed E-state index contributed by atoms with van der Waals surface area (Å²) in [4.78, 5) is 6.38. The fourth-order valence-corrected chi connectivity index (χ4v) is 6.09. The molecule has 2 aromatic heterocycles. The van der Waals surface area contributed by atoms with E-state index in [2.05, 4.69) is 10.1 Å². The predicted molar refractivity (Wildman–Crippen MR) is 143 cm³/mol. The number of pyridine rings is 1. The number of hydrogen-bond donors (Lipinski definition) is 1. The van der Waals surface area contributed by atoms with Crippen LogP contribution in [0, 0.1) is 5.82 Å². The van der Waals surface area contributed by atoms with Crippen LogP contribution < -0.4 is 4.90 Å². The van der Waals surface area contributed by atoms with Gasteiger partial charge < -0.3 is 10.0 Å². The standard InChI is InChI=1S/C25H21Cl2F4N5O3S/c1-40(38,39)34-7-8-35(15(13-34)9-14-5-3-2-4-6-14)20-10-16-19(12-32-20)36(33-24(16)27)18-11-17(25(29,30)31)21(26)23(37)22(18)28/h2-6,10-12,15,37H,7-9,13H2,1H3/t15-/m1/s1. The van der Waals surface area contributed by atoms with E-state index in [9.17, 15) is 31.1 Å². The molecule has 4 aromatic rings. The minimum Gasteiger partial charge on any atom is -0.504 e. The largest absolute Gasteiger partial charge is 0.504 e. The fraction of sp³-hybridized carbons (Fsp3) is 0.280. The number of rotatable bonds is 5. The monoisotopic (exact) mass is 617 g/mol. The van der Waals surface area contributed by atoms with Gasteiger partial charge in [-0.2, -0.15) is 22.6 Å². The summed E-state index contributed by atoms with van der Waals surface area (Å²) in [5.41, 5.74) is -1.10. The number of aromatic hydroxyl groups is 1. The lowest BCUT2D eigenvalue weighted by Gasteiger charge is -2.41. The molecule has 0 aliphatic carbocycles. The predicted octanol–water partition coefficient (Wildman–Crippen LogP) is 5.28. The second-order valence-electron chi connectivity index (χ2n) is 9.34. The molecule has 3 heterocycles. The van der Waals surface area contributed by atoms with E-state index in [-0.39, 0.29) is 35.2 Å². The molecule has 1 aliphatic heterocycles. The van der Waals surface area contributed by atoms with Gasteiger partial charge in [0.2, 0.25) is 10.0 Å². The molecule has 0 unspecified atom stereocenters. The average molecular weight is 618 g/mol. The lowest BCUT2D eigenvalue weighted by molar-refractivity contribution is -0.137. The number of piperazine rings is 1. The molecule has 0 radical (unpaired) electrons. The van der Waals surface area contributed by atoms with Gasteiger partial charge in [0.05, 0.1) is 28.6 Å². The maximum Gasteiger partial charge on any atom is 0.418 e. The van der Waals surface area contributed by atoms with Crippen molar-refractivity contribution in [2.45, 2.75) is 18.6 Å². The Morgan fingerprint density at radius 3 is 2.48 bits per heavy atom. The van der Waals surface area contributed by atoms with Gasteiger partial charge in [-0.15, -0.1) is 0 Å². The van der Waals surface area contributed by atoms with Crippen LogP contribution in [0.25, 0.3) is 16.6 Å². The van der Waals surface area contributed by atoms with E-state index in [1.165, 1.54) is 10.5 Å². The van der Waals surface area contributed by atoms with Crippen LogP contribution in [-0.2, 0) is 22.6 Å². The van der Waals surface area contributed by atoms with E-state index < -0.39 is 44.0 Å². The quantitative estimate of drug-likeness (QED) is 0.306. The van der Waals surface area contributed by atoms with Gasteiger partial charge in [0.1, 0.15) is 11.5 Å². The molecular weight excluding hydrogens is 597 g/mol. The Hall–Kier alpha value is -3.13. The van der Waals surface area contributed by atoms with Crippen molar-refractivity contribution >= 4 is 49.9 Å². The first-order chi connectivity index (χ1) is 18.8. The molecule has 2 aromatic carbocycles. The molecular formula is C25H21Cl2F4N5O3S. The number of aromatic nitrogens is 3. The molecule has 212 valence electrons. The summed E-state index contributed by atoms with van der Waals surface area (Å²) in [5.74, 6) is -2.36. The number of phenolic OH excluding ortho intramolecular Hbond substituents is 1. The first kappa shape index (κ1) is 28.4. The summed E-state index contributed by atoms with van der Waals surface area (Å²) in [6.45, 7) is 0.728. The first-order valence-corrected chi connectivity index (χ1v) is 14.4. The van der Waals surface area contributed by atoms with Gasteiger partial charge in [0.15, 0.2) is 16.7 Å². The molecule has 1 N–H and O–H groups in total. The summed E-state index contributed by atoms with van der Waals surface area (Å²) in [6.07, 6.45) is -2.03. The van der Waals surface area contributed by atoms with Gasteiger partial charge in [0.25, 0.3) is 0 Å². The first-order valence-electron chi connectivity index (χ1n) is 11.8. The molecule has 1 atom stereocenters. The topological polar surface area (TPSA) is 91.6 Å². The highest BCUT2D eigenvalue weighted by molar-refractivity contribution is 7.88. The number of fused-ring (bicyclic) bond motifs is 1. The number of anilines is 1. The number of hydrogen-bond acceptors (Lipinski definition) is 6. The van der Waals surface area contributed by atoms with Crippen LogP contribution in [0.4, 0.5) is 23.4 Å². The molecule has 15 heteroatoms. The Labute approximate surface area is 236 Å². The molecule has 5 rings (SSSR count). The Morgan fingerprint density at radius 2 is 1.82 bits per heavy atom. The van der Waals surface area contributed by atoms with Crippen molar-refractivity contribution < 1.29 is 31.1 Å². The third-order valence-electron chi connectivity index (χ3n) is 6.72. The Morgan fingerprint density at radius 1 is 1.12 bits per heavy atom. The van der Waals surface area contributed by atoms with Crippen LogP contribution >= 0.6 is 23.2 Å². The van der Waals surface area contributed by atoms with Gasteiger partial charge in [-0.1, -0.05) is 53.5 Å². The van der Waals surface area contributed by atoms with Crippen molar-refractivity contribution in [3.63, 3.8) is 0 Å². The van der Waals surface area contributed by atoms with Crippen molar-refractivity contribution in [2.75, 3.05) is 30.8 Å². The summed E-state index contributed by atoms with van der Waals surface area (Å²) in [6, 6.07) is 11.2. The number of alkyl halides is 3. The second kappa shape index (κ2) is 10.4. The van der Waals surface area contributed by atoms with Crippen molar-refractivity contribution in [3.05, 3.63) is 75.8 Å². The lowest BCUT2D eigenvalue weighted by atomic mass is 10.0. The number of sulfonamides is 1. The minimum absolute atomic E-state index is 0.0804. The molecule has 0 amide bonds. The van der Waals surface area contributed by atoms with Crippen LogP contribution in [0.1, 0.15) is 11.1 Å². The van der Waals surface area contributed by atoms with E-state index in [0.29, 0.717) is 24.8 Å². The molecule has 40 heavy (non-hydrogen) atoms. The van der Waals surface area contributed by atoms with E-state index >= 15 is 0 Å². The zero-order valence-electron chi connectivity index (χ0n) is 20.7. The third kappa shape index (κ3) is 5.30. The molecule has 0 spiro atoms. The highest BCUT2D eigenvalue weighted by Gasteiger charge is 2.37. The Kier molecular flexibility index (Phi) is 7.36. The van der Waals surface area contributed by atoms with Crippen LogP contribution in [0.5, 0.6) is 5.75 Å². The SMILES string of the molecule is CS(=O)(=O)N1CCN(c2cc3c(Cl)nn(-c4cc(C(F)(F)F)c(Cl)c(O)c4F)c3cn2)[C@H](Cc2ccccc2)C1. The molecule has 8 nitrogen and oxygen atoms in total. The normalized spacial score (nSPS) is 17.1. The van der Waals surface area contributed by atoms with Crippen LogP contribution in [0.3, 0.4) is 0 Å². The van der Waals surface area contributed by atoms with E-state index in [1.807, 2.05) is 35.2 Å². The minimum atomic E-state index is -4.98. The zero-order chi connectivity index (χ0) is 29.0. The maximum atomic E-state index is 14.9. The van der Waals surface area contributed by atoms with Crippen LogP contribution in [0.15, 0.2) is 48.7 Å². The molecule has 1 saturated heterocycles. The Bertz CT molecular complexity index is 1700. The highest BCUT2D eigenvalue weighted by atomic mass is 35.5. The van der Waals surface area contributed by atoms with Crippen molar-refractivity contribution in [1.82, 2.24) is 19.1 Å². The smallest absolute Gasteiger partial charge is 0.418 e. The van der Waals surface area contributed by atoms with Gasteiger partial charge in [-0.05, 0) is 24.1 Å². The van der Waals surface area contributed by atoms with Crippen molar-refractivity contribution in [2.24, 2.45) is 0 Å². The molecule has 0 saturated carbocycles. The number of nitrogens with zero attached hydrogens (tertiary/aromatic N) is 5. The average Bonchev–Trinajstić information content (AvgIpc) is 3.22. The number of benzene rings is 2. The van der Waals surface area contributed by atoms with Crippen LogP contribution in [-0.4, -0.2) is 64.5 Å².